The molecule has 106 valence electrons. The average Bonchev–Trinajstić information content (AvgIpc) is 2.45. The van der Waals surface area contributed by atoms with Crippen LogP contribution >= 0.6 is 0 Å². The summed E-state index contributed by atoms with van der Waals surface area (Å²) in [6.45, 7) is 5.35. The van der Waals surface area contributed by atoms with Crippen LogP contribution in [0.15, 0.2) is 24.3 Å². The topological polar surface area (TPSA) is 50.4 Å². The van der Waals surface area contributed by atoms with Crippen LogP contribution in [-0.4, -0.2) is 26.1 Å². The number of para-hydroxylation sites is 1. The molecule has 0 fully saturated rings. The molecule has 4 heteroatoms. The fourth-order valence-corrected chi connectivity index (χ4v) is 1.98. The maximum atomic E-state index is 11.8. The highest BCUT2D eigenvalue weighted by atomic mass is 16.5. The van der Waals surface area contributed by atoms with Crippen molar-refractivity contribution >= 4 is 5.91 Å². The van der Waals surface area contributed by atoms with Crippen LogP contribution in [0.4, 0.5) is 0 Å². The fraction of sp³-hybridized carbons (Fsp3) is 0.533. The second-order valence-electron chi connectivity index (χ2n) is 4.45. The van der Waals surface area contributed by atoms with Crippen LogP contribution < -0.4 is 15.4 Å². The third-order valence-corrected chi connectivity index (χ3v) is 2.97. The number of carbonyl (C=O) groups is 1. The van der Waals surface area contributed by atoms with Gasteiger partial charge in [-0.25, -0.2) is 0 Å². The zero-order chi connectivity index (χ0) is 14.1. The van der Waals surface area contributed by atoms with Gasteiger partial charge in [0.2, 0.25) is 5.91 Å². The van der Waals surface area contributed by atoms with Crippen LogP contribution in [0.1, 0.15) is 38.3 Å². The Morgan fingerprint density at radius 3 is 2.68 bits per heavy atom. The molecule has 0 heterocycles. The molecule has 4 nitrogen and oxygen atoms in total. The van der Waals surface area contributed by atoms with E-state index in [0.717, 1.165) is 30.7 Å². The predicted molar refractivity (Wildman–Crippen MR) is 77.3 cm³/mol. The van der Waals surface area contributed by atoms with Gasteiger partial charge < -0.3 is 15.4 Å². The lowest BCUT2D eigenvalue weighted by Crippen LogP contribution is -2.36. The minimum atomic E-state index is -0.00734. The molecule has 2 N–H and O–H groups in total. The highest BCUT2D eigenvalue weighted by molar-refractivity contribution is 5.78. The lowest BCUT2D eigenvalue weighted by molar-refractivity contribution is -0.121. The second kappa shape index (κ2) is 8.53. The van der Waals surface area contributed by atoms with E-state index in [-0.39, 0.29) is 11.9 Å². The van der Waals surface area contributed by atoms with Crippen LogP contribution in [0.2, 0.25) is 0 Å². The minimum absolute atomic E-state index is 0.00734. The Morgan fingerprint density at radius 1 is 1.32 bits per heavy atom. The molecule has 0 saturated carbocycles. The van der Waals surface area contributed by atoms with Crippen molar-refractivity contribution in [1.29, 1.82) is 0 Å². The smallest absolute Gasteiger partial charge is 0.234 e. The van der Waals surface area contributed by atoms with E-state index >= 15 is 0 Å². The summed E-state index contributed by atoms with van der Waals surface area (Å²) < 4.78 is 5.34. The summed E-state index contributed by atoms with van der Waals surface area (Å²) >= 11 is 0. The molecule has 0 radical (unpaired) electrons. The van der Waals surface area contributed by atoms with E-state index in [4.69, 9.17) is 4.74 Å². The number of hydrogen-bond donors (Lipinski definition) is 2. The van der Waals surface area contributed by atoms with E-state index in [1.54, 1.807) is 7.11 Å². The van der Waals surface area contributed by atoms with Gasteiger partial charge in [0, 0.05) is 5.56 Å². The summed E-state index contributed by atoms with van der Waals surface area (Å²) in [5, 5.41) is 6.14. The summed E-state index contributed by atoms with van der Waals surface area (Å²) in [6, 6.07) is 7.79. The van der Waals surface area contributed by atoms with Crippen molar-refractivity contribution < 1.29 is 9.53 Å². The van der Waals surface area contributed by atoms with Crippen LogP contribution in [-0.2, 0) is 4.79 Å². The molecule has 1 rings (SSSR count). The molecule has 1 aromatic carbocycles. The third-order valence-electron chi connectivity index (χ3n) is 2.97. The van der Waals surface area contributed by atoms with Crippen molar-refractivity contribution in [3.8, 4) is 5.75 Å². The molecule has 1 atom stereocenters. The van der Waals surface area contributed by atoms with Gasteiger partial charge in [0.25, 0.3) is 0 Å². The molecule has 0 aromatic heterocycles. The minimum Gasteiger partial charge on any atom is -0.496 e. The number of carbonyl (C=O) groups excluding carboxylic acids is 1. The Bertz CT molecular complexity index is 393. The zero-order valence-electron chi connectivity index (χ0n) is 12.0. The average molecular weight is 264 g/mol. The maximum Gasteiger partial charge on any atom is 0.234 e. The first-order valence-electron chi connectivity index (χ1n) is 6.85. The van der Waals surface area contributed by atoms with Gasteiger partial charge in [-0.15, -0.1) is 0 Å². The number of benzene rings is 1. The largest absolute Gasteiger partial charge is 0.496 e. The molecule has 0 bridgehead atoms. The molecule has 0 aliphatic rings. The molecule has 1 aromatic rings. The normalized spacial score (nSPS) is 11.9. The number of ether oxygens (including phenoxy) is 1. The lowest BCUT2D eigenvalue weighted by atomic mass is 10.0. The van der Waals surface area contributed by atoms with Gasteiger partial charge in [-0.3, -0.25) is 4.79 Å². The van der Waals surface area contributed by atoms with Crippen molar-refractivity contribution in [3.63, 3.8) is 0 Å². The summed E-state index contributed by atoms with van der Waals surface area (Å²) in [5.74, 6) is 0.836. The molecule has 19 heavy (non-hydrogen) atoms. The molecule has 0 saturated heterocycles. The Balaban J connectivity index is 2.64. The molecule has 0 spiro atoms. The summed E-state index contributed by atoms with van der Waals surface area (Å²) in [5.41, 5.74) is 1.02. The van der Waals surface area contributed by atoms with Gasteiger partial charge >= 0.3 is 0 Å². The summed E-state index contributed by atoms with van der Waals surface area (Å²) in [7, 11) is 1.65. The Morgan fingerprint density at radius 2 is 2.05 bits per heavy atom. The first-order chi connectivity index (χ1) is 9.22. The number of rotatable bonds is 8. The molecule has 0 aliphatic heterocycles. The van der Waals surface area contributed by atoms with Gasteiger partial charge in [-0.1, -0.05) is 32.0 Å². The van der Waals surface area contributed by atoms with E-state index < -0.39 is 0 Å². The Hall–Kier alpha value is -1.55. The molecule has 1 unspecified atom stereocenters. The van der Waals surface area contributed by atoms with Crippen molar-refractivity contribution in [1.82, 2.24) is 10.6 Å². The molecular formula is C15H24N2O2. The fourth-order valence-electron chi connectivity index (χ4n) is 1.98. The summed E-state index contributed by atoms with van der Waals surface area (Å²) in [6.07, 6.45) is 1.86. The van der Waals surface area contributed by atoms with E-state index in [1.807, 2.05) is 24.3 Å². The Labute approximate surface area is 115 Å². The van der Waals surface area contributed by atoms with Crippen molar-refractivity contribution in [2.75, 3.05) is 20.2 Å². The van der Waals surface area contributed by atoms with E-state index in [9.17, 15) is 4.79 Å². The highest BCUT2D eigenvalue weighted by Crippen LogP contribution is 2.26. The van der Waals surface area contributed by atoms with Crippen molar-refractivity contribution in [3.05, 3.63) is 29.8 Å². The van der Waals surface area contributed by atoms with E-state index in [0.29, 0.717) is 6.54 Å². The van der Waals surface area contributed by atoms with Crippen LogP contribution in [0.3, 0.4) is 0 Å². The maximum absolute atomic E-state index is 11.8. The Kier molecular flexibility index (Phi) is 6.97. The van der Waals surface area contributed by atoms with Crippen LogP contribution in [0.25, 0.3) is 0 Å². The second-order valence-corrected chi connectivity index (χ2v) is 4.45. The third kappa shape index (κ3) is 4.91. The van der Waals surface area contributed by atoms with Gasteiger partial charge in [0.15, 0.2) is 0 Å². The number of hydrogen-bond acceptors (Lipinski definition) is 3. The van der Waals surface area contributed by atoms with Crippen LogP contribution in [0.5, 0.6) is 5.75 Å². The quantitative estimate of drug-likeness (QED) is 0.708. The standard InChI is InChI=1S/C15H24N2O2/c1-4-10-16-11-15(18)17-13(5-2)12-8-6-7-9-14(12)19-3/h6-9,13,16H,4-5,10-11H2,1-3H3,(H,17,18). The molecule has 1 amide bonds. The summed E-state index contributed by atoms with van der Waals surface area (Å²) in [4.78, 5) is 11.8. The SMILES string of the molecule is CCCNCC(=O)NC(CC)c1ccccc1OC. The van der Waals surface area contributed by atoms with E-state index in [1.165, 1.54) is 0 Å². The van der Waals surface area contributed by atoms with Gasteiger partial charge in [0.1, 0.15) is 5.75 Å². The van der Waals surface area contributed by atoms with Gasteiger partial charge in [0.05, 0.1) is 19.7 Å². The van der Waals surface area contributed by atoms with Crippen LogP contribution in [0, 0.1) is 0 Å². The lowest BCUT2D eigenvalue weighted by Gasteiger charge is -2.20. The highest BCUT2D eigenvalue weighted by Gasteiger charge is 2.15. The van der Waals surface area contributed by atoms with E-state index in [2.05, 4.69) is 24.5 Å². The number of methoxy groups -OCH3 is 1. The monoisotopic (exact) mass is 264 g/mol. The van der Waals surface area contributed by atoms with Crippen molar-refractivity contribution in [2.24, 2.45) is 0 Å². The first kappa shape index (κ1) is 15.5. The number of amides is 1. The van der Waals surface area contributed by atoms with Crippen molar-refractivity contribution in [2.45, 2.75) is 32.7 Å². The first-order valence-corrected chi connectivity index (χ1v) is 6.85. The zero-order valence-corrected chi connectivity index (χ0v) is 12.0. The molecule has 0 aliphatic carbocycles. The van der Waals surface area contributed by atoms with Gasteiger partial charge in [-0.2, -0.15) is 0 Å². The number of nitrogens with one attached hydrogen (secondary N) is 2. The molecular weight excluding hydrogens is 240 g/mol. The predicted octanol–water partition coefficient (Wildman–Crippen LogP) is 2.26. The van der Waals surface area contributed by atoms with Gasteiger partial charge in [-0.05, 0) is 25.5 Å².